The minimum absolute atomic E-state index is 0.463. The molecule has 1 unspecified atom stereocenters. The van der Waals surface area contributed by atoms with Crippen LogP contribution in [-0.4, -0.2) is 40.9 Å². The Bertz CT molecular complexity index is 732. The molecule has 0 aliphatic carbocycles. The summed E-state index contributed by atoms with van der Waals surface area (Å²) in [5.74, 6) is 0.00892. The first-order valence-electron chi connectivity index (χ1n) is 11.0. The summed E-state index contributed by atoms with van der Waals surface area (Å²) in [6.07, 6.45) is 10.0. The van der Waals surface area contributed by atoms with Gasteiger partial charge in [0.15, 0.2) is 11.6 Å². The first-order valence-corrected chi connectivity index (χ1v) is 11.0. The Morgan fingerprint density at radius 3 is 2.27 bits per heavy atom. The fraction of sp³-hybridized carbons (Fsp3) is 0.542. The number of carbonyl (C=O) groups is 1. The van der Waals surface area contributed by atoms with Crippen molar-refractivity contribution in [2.24, 2.45) is 0 Å². The number of nitrogens with zero attached hydrogens (tertiary/aromatic N) is 2. The number of carboxylic acids is 1. The van der Waals surface area contributed by atoms with E-state index < -0.39 is 11.9 Å². The quantitative estimate of drug-likeness (QED) is 0.389. The molecule has 0 aliphatic heterocycles. The summed E-state index contributed by atoms with van der Waals surface area (Å²) in [4.78, 5) is 20.4. The average Bonchev–Trinajstić information content (AvgIpc) is 2.76. The van der Waals surface area contributed by atoms with Gasteiger partial charge in [-0.15, -0.1) is 0 Å². The summed E-state index contributed by atoms with van der Waals surface area (Å²) >= 11 is 0. The van der Waals surface area contributed by atoms with Crippen LogP contribution in [0.3, 0.4) is 0 Å². The van der Waals surface area contributed by atoms with Crippen molar-refractivity contribution in [2.75, 3.05) is 19.8 Å². The molecule has 0 amide bonds. The molecule has 1 N–H and O–H groups in total. The Morgan fingerprint density at radius 2 is 1.63 bits per heavy atom. The second-order valence-corrected chi connectivity index (χ2v) is 7.42. The highest BCUT2D eigenvalue weighted by Crippen LogP contribution is 2.25. The van der Waals surface area contributed by atoms with Crippen LogP contribution in [0.4, 0.5) is 0 Å². The highest BCUT2D eigenvalue weighted by molar-refractivity contribution is 5.76. The molecule has 2 aromatic rings. The van der Waals surface area contributed by atoms with Crippen molar-refractivity contribution in [1.82, 2.24) is 9.97 Å². The van der Waals surface area contributed by atoms with Crippen molar-refractivity contribution in [3.63, 3.8) is 0 Å². The van der Waals surface area contributed by atoms with Gasteiger partial charge in [-0.05, 0) is 31.2 Å². The van der Waals surface area contributed by atoms with Crippen LogP contribution in [0.5, 0.6) is 5.75 Å². The summed E-state index contributed by atoms with van der Waals surface area (Å²) in [5, 5.41) is 9.54. The van der Waals surface area contributed by atoms with Crippen LogP contribution in [-0.2, 0) is 9.53 Å². The minimum atomic E-state index is -0.770. The van der Waals surface area contributed by atoms with Gasteiger partial charge in [0.1, 0.15) is 0 Å². The van der Waals surface area contributed by atoms with Gasteiger partial charge in [0, 0.05) is 18.8 Å². The predicted octanol–water partition coefficient (Wildman–Crippen LogP) is 5.48. The zero-order valence-corrected chi connectivity index (χ0v) is 18.2. The molecule has 0 saturated carbocycles. The molecule has 0 spiro atoms. The molecule has 1 atom stereocenters. The van der Waals surface area contributed by atoms with Crippen LogP contribution in [0.1, 0.15) is 70.3 Å². The summed E-state index contributed by atoms with van der Waals surface area (Å²) in [7, 11) is 0. The molecule has 0 saturated heterocycles. The SMILES string of the molecule is CCCCCC(C(=O)O)c1ccc(-c2ncc(OCCCCOCCC)cn2)cc1. The van der Waals surface area contributed by atoms with Gasteiger partial charge < -0.3 is 14.6 Å². The molecule has 0 aliphatic rings. The number of aromatic nitrogens is 2. The van der Waals surface area contributed by atoms with Crippen LogP contribution < -0.4 is 4.74 Å². The zero-order chi connectivity index (χ0) is 21.6. The maximum Gasteiger partial charge on any atom is 0.310 e. The fourth-order valence-corrected chi connectivity index (χ4v) is 3.18. The van der Waals surface area contributed by atoms with Crippen molar-refractivity contribution in [1.29, 1.82) is 0 Å². The van der Waals surface area contributed by atoms with E-state index in [1.54, 1.807) is 12.4 Å². The van der Waals surface area contributed by atoms with Crippen LogP contribution >= 0.6 is 0 Å². The molecular formula is C24H34N2O4. The van der Waals surface area contributed by atoms with Crippen molar-refractivity contribution < 1.29 is 19.4 Å². The molecule has 1 aromatic carbocycles. The van der Waals surface area contributed by atoms with Gasteiger partial charge in [0.05, 0.1) is 24.9 Å². The number of carboxylic acid groups (broad SMARTS) is 1. The maximum atomic E-state index is 11.6. The molecule has 1 aromatic heterocycles. The maximum absolute atomic E-state index is 11.6. The Morgan fingerprint density at radius 1 is 0.933 bits per heavy atom. The van der Waals surface area contributed by atoms with Gasteiger partial charge in [0.25, 0.3) is 0 Å². The largest absolute Gasteiger partial charge is 0.490 e. The van der Waals surface area contributed by atoms with E-state index in [1.165, 1.54) is 0 Å². The topological polar surface area (TPSA) is 81.5 Å². The lowest BCUT2D eigenvalue weighted by Gasteiger charge is -2.13. The van der Waals surface area contributed by atoms with Crippen molar-refractivity contribution in [3.05, 3.63) is 42.2 Å². The van der Waals surface area contributed by atoms with E-state index in [0.29, 0.717) is 24.6 Å². The summed E-state index contributed by atoms with van der Waals surface area (Å²) < 4.78 is 11.1. The monoisotopic (exact) mass is 414 g/mol. The molecule has 0 bridgehead atoms. The highest BCUT2D eigenvalue weighted by atomic mass is 16.5. The standard InChI is InChI=1S/C24H34N2O4/c1-3-5-6-9-22(24(27)28)19-10-12-20(13-11-19)23-25-17-21(18-26-23)30-16-8-7-15-29-14-4-2/h10-13,17-18,22H,3-9,14-16H2,1-2H3,(H,27,28). The number of benzene rings is 1. The third-order valence-electron chi connectivity index (χ3n) is 4.89. The lowest BCUT2D eigenvalue weighted by molar-refractivity contribution is -0.139. The average molecular weight is 415 g/mol. The summed E-state index contributed by atoms with van der Waals surface area (Å²) in [6.45, 7) is 6.41. The van der Waals surface area contributed by atoms with E-state index in [9.17, 15) is 9.90 Å². The Balaban J connectivity index is 1.86. The Labute approximate surface area is 179 Å². The number of hydrogen-bond donors (Lipinski definition) is 1. The Hall–Kier alpha value is -2.47. The third-order valence-corrected chi connectivity index (χ3v) is 4.89. The molecule has 0 radical (unpaired) electrons. The number of unbranched alkanes of at least 4 members (excludes halogenated alkanes) is 3. The lowest BCUT2D eigenvalue weighted by Crippen LogP contribution is -2.11. The van der Waals surface area contributed by atoms with Gasteiger partial charge in [-0.25, -0.2) is 9.97 Å². The first-order chi connectivity index (χ1) is 14.7. The van der Waals surface area contributed by atoms with E-state index in [1.807, 2.05) is 24.3 Å². The van der Waals surface area contributed by atoms with Crippen LogP contribution in [0.25, 0.3) is 11.4 Å². The number of ether oxygens (including phenoxy) is 2. The Kier molecular flexibility index (Phi) is 10.9. The van der Waals surface area contributed by atoms with Crippen molar-refractivity contribution in [2.45, 2.75) is 64.7 Å². The lowest BCUT2D eigenvalue weighted by atomic mass is 9.92. The normalized spacial score (nSPS) is 11.9. The van der Waals surface area contributed by atoms with Gasteiger partial charge in [-0.3, -0.25) is 4.79 Å². The van der Waals surface area contributed by atoms with Gasteiger partial charge in [0.2, 0.25) is 0 Å². The van der Waals surface area contributed by atoms with Crippen molar-refractivity contribution >= 4 is 5.97 Å². The van der Waals surface area contributed by atoms with Crippen LogP contribution in [0.2, 0.25) is 0 Å². The van der Waals surface area contributed by atoms with E-state index in [0.717, 1.165) is 62.9 Å². The second kappa shape index (κ2) is 13.7. The molecule has 1 heterocycles. The molecule has 2 rings (SSSR count). The van der Waals surface area contributed by atoms with E-state index >= 15 is 0 Å². The molecule has 164 valence electrons. The first kappa shape index (κ1) is 23.8. The molecule has 6 nitrogen and oxygen atoms in total. The van der Waals surface area contributed by atoms with E-state index in [4.69, 9.17) is 9.47 Å². The second-order valence-electron chi connectivity index (χ2n) is 7.42. The highest BCUT2D eigenvalue weighted by Gasteiger charge is 2.19. The van der Waals surface area contributed by atoms with Gasteiger partial charge in [-0.2, -0.15) is 0 Å². The minimum Gasteiger partial charge on any atom is -0.490 e. The van der Waals surface area contributed by atoms with E-state index in [-0.39, 0.29) is 0 Å². The molecule has 6 heteroatoms. The summed E-state index contributed by atoms with van der Waals surface area (Å²) in [6, 6.07) is 7.51. The molecule has 0 fully saturated rings. The molecular weight excluding hydrogens is 380 g/mol. The van der Waals surface area contributed by atoms with E-state index in [2.05, 4.69) is 23.8 Å². The smallest absolute Gasteiger partial charge is 0.310 e. The van der Waals surface area contributed by atoms with Gasteiger partial charge >= 0.3 is 5.97 Å². The van der Waals surface area contributed by atoms with Crippen LogP contribution in [0.15, 0.2) is 36.7 Å². The number of hydrogen-bond acceptors (Lipinski definition) is 5. The fourth-order valence-electron chi connectivity index (χ4n) is 3.18. The van der Waals surface area contributed by atoms with Crippen LogP contribution in [0, 0.1) is 0 Å². The van der Waals surface area contributed by atoms with Crippen molar-refractivity contribution in [3.8, 4) is 17.1 Å². The third kappa shape index (κ3) is 8.11. The number of rotatable bonds is 15. The number of aliphatic carboxylic acids is 1. The predicted molar refractivity (Wildman–Crippen MR) is 118 cm³/mol. The zero-order valence-electron chi connectivity index (χ0n) is 18.2. The summed E-state index contributed by atoms with van der Waals surface area (Å²) in [5.41, 5.74) is 1.68. The molecule has 30 heavy (non-hydrogen) atoms. The van der Waals surface area contributed by atoms with Gasteiger partial charge in [-0.1, -0.05) is 57.4 Å².